The molecular formula is C13H21N3O3S. The second-order valence-corrected chi connectivity index (χ2v) is 6.75. The largest absolute Gasteiger partial charge is 0.399 e. The van der Waals surface area contributed by atoms with Crippen molar-refractivity contribution in [2.75, 3.05) is 37.4 Å². The van der Waals surface area contributed by atoms with Crippen LogP contribution in [0.15, 0.2) is 23.1 Å². The molecule has 0 amide bonds. The highest BCUT2D eigenvalue weighted by Gasteiger charge is 2.20. The fourth-order valence-corrected chi connectivity index (χ4v) is 3.13. The average molecular weight is 299 g/mol. The predicted molar refractivity (Wildman–Crippen MR) is 79.0 cm³/mol. The van der Waals surface area contributed by atoms with Crippen molar-refractivity contribution in [3.05, 3.63) is 18.2 Å². The van der Waals surface area contributed by atoms with Gasteiger partial charge in [-0.1, -0.05) is 0 Å². The zero-order valence-electron chi connectivity index (χ0n) is 11.6. The van der Waals surface area contributed by atoms with E-state index in [2.05, 4.69) is 4.90 Å². The first-order chi connectivity index (χ1) is 9.40. The number of benzene rings is 1. The topological polar surface area (TPSA) is 98.7 Å². The minimum Gasteiger partial charge on any atom is -0.399 e. The number of methoxy groups -OCH3 is 1. The molecule has 0 saturated carbocycles. The third-order valence-electron chi connectivity index (χ3n) is 3.62. The van der Waals surface area contributed by atoms with E-state index in [-0.39, 0.29) is 4.90 Å². The molecule has 1 aliphatic heterocycles. The number of nitrogens with two attached hydrogens (primary N) is 2. The van der Waals surface area contributed by atoms with Crippen molar-refractivity contribution in [2.24, 2.45) is 11.1 Å². The van der Waals surface area contributed by atoms with Gasteiger partial charge in [0.15, 0.2) is 0 Å². The fourth-order valence-electron chi connectivity index (χ4n) is 2.55. The molecule has 7 heteroatoms. The molecule has 112 valence electrons. The van der Waals surface area contributed by atoms with Gasteiger partial charge in [-0.15, -0.1) is 0 Å². The maximum atomic E-state index is 11.4. The summed E-state index contributed by atoms with van der Waals surface area (Å²) in [4.78, 5) is 2.20. The summed E-state index contributed by atoms with van der Waals surface area (Å²) >= 11 is 0. The van der Waals surface area contributed by atoms with Gasteiger partial charge in [0.1, 0.15) is 0 Å². The zero-order chi connectivity index (χ0) is 14.8. The Morgan fingerprint density at radius 2 is 1.95 bits per heavy atom. The number of hydrogen-bond donors (Lipinski definition) is 2. The van der Waals surface area contributed by atoms with E-state index in [1.54, 1.807) is 19.2 Å². The molecular weight excluding hydrogens is 278 g/mol. The van der Waals surface area contributed by atoms with Crippen LogP contribution in [-0.4, -0.2) is 35.2 Å². The average Bonchev–Trinajstić information content (AvgIpc) is 2.38. The summed E-state index contributed by atoms with van der Waals surface area (Å²) in [6, 6.07) is 4.75. The van der Waals surface area contributed by atoms with E-state index in [0.717, 1.165) is 38.2 Å². The van der Waals surface area contributed by atoms with Gasteiger partial charge in [0.2, 0.25) is 10.0 Å². The van der Waals surface area contributed by atoms with Gasteiger partial charge in [0.25, 0.3) is 0 Å². The second-order valence-electron chi connectivity index (χ2n) is 5.19. The SMILES string of the molecule is COCC1CCN(c2cc(N)cc(S(N)(=O)=O)c2)CC1. The highest BCUT2D eigenvalue weighted by atomic mass is 32.2. The highest BCUT2D eigenvalue weighted by molar-refractivity contribution is 7.89. The molecule has 0 radical (unpaired) electrons. The highest BCUT2D eigenvalue weighted by Crippen LogP contribution is 2.27. The van der Waals surface area contributed by atoms with Gasteiger partial charge in [0.05, 0.1) is 4.90 Å². The molecule has 20 heavy (non-hydrogen) atoms. The van der Waals surface area contributed by atoms with E-state index in [1.165, 1.54) is 6.07 Å². The van der Waals surface area contributed by atoms with Gasteiger partial charge in [-0.2, -0.15) is 0 Å². The minimum atomic E-state index is -3.73. The van der Waals surface area contributed by atoms with Crippen LogP contribution in [0, 0.1) is 5.92 Å². The van der Waals surface area contributed by atoms with Crippen LogP contribution in [0.1, 0.15) is 12.8 Å². The Hall–Kier alpha value is -1.31. The van der Waals surface area contributed by atoms with Crippen molar-refractivity contribution in [1.29, 1.82) is 0 Å². The lowest BCUT2D eigenvalue weighted by Crippen LogP contribution is -2.35. The van der Waals surface area contributed by atoms with E-state index in [9.17, 15) is 8.42 Å². The molecule has 0 bridgehead atoms. The summed E-state index contributed by atoms with van der Waals surface area (Å²) in [5.41, 5.74) is 6.99. The summed E-state index contributed by atoms with van der Waals surface area (Å²) in [6.45, 7) is 2.50. The third-order valence-corrected chi connectivity index (χ3v) is 4.52. The third kappa shape index (κ3) is 3.62. The monoisotopic (exact) mass is 299 g/mol. The molecule has 1 aliphatic rings. The number of ether oxygens (including phenoxy) is 1. The number of nitrogen functional groups attached to an aromatic ring is 1. The van der Waals surface area contributed by atoms with Crippen LogP contribution in [0.5, 0.6) is 0 Å². The summed E-state index contributed by atoms with van der Waals surface area (Å²) in [7, 11) is -2.02. The number of nitrogens with zero attached hydrogens (tertiary/aromatic N) is 1. The molecule has 0 aliphatic carbocycles. The Balaban J connectivity index is 2.16. The van der Waals surface area contributed by atoms with Gasteiger partial charge in [-0.05, 0) is 37.0 Å². The standard InChI is InChI=1S/C13H21N3O3S/c1-19-9-10-2-4-16(5-3-10)12-6-11(14)7-13(8-12)20(15,17)18/h6-8,10H,2-5,9,14H2,1H3,(H2,15,17,18). The molecule has 0 aromatic heterocycles. The van der Waals surface area contributed by atoms with E-state index in [4.69, 9.17) is 15.6 Å². The first-order valence-corrected chi connectivity index (χ1v) is 8.12. The number of piperidine rings is 1. The first kappa shape index (κ1) is 15.1. The van der Waals surface area contributed by atoms with E-state index in [1.807, 2.05) is 0 Å². The van der Waals surface area contributed by atoms with Crippen molar-refractivity contribution in [3.8, 4) is 0 Å². The van der Waals surface area contributed by atoms with Crippen LogP contribution < -0.4 is 15.8 Å². The van der Waals surface area contributed by atoms with Gasteiger partial charge in [0, 0.05) is 38.2 Å². The Labute approximate surface area is 119 Å². The molecule has 1 heterocycles. The molecule has 2 rings (SSSR count). The minimum absolute atomic E-state index is 0.0616. The maximum absolute atomic E-state index is 11.4. The van der Waals surface area contributed by atoms with Crippen LogP contribution in [0.4, 0.5) is 11.4 Å². The lowest BCUT2D eigenvalue weighted by molar-refractivity contribution is 0.139. The molecule has 0 spiro atoms. The van der Waals surface area contributed by atoms with Crippen LogP contribution in [0.25, 0.3) is 0 Å². The Morgan fingerprint density at radius 3 is 2.50 bits per heavy atom. The summed E-state index contributed by atoms with van der Waals surface area (Å²) in [5.74, 6) is 0.565. The lowest BCUT2D eigenvalue weighted by atomic mass is 9.97. The Bertz CT molecular complexity index is 566. The van der Waals surface area contributed by atoms with Crippen LogP contribution in [-0.2, 0) is 14.8 Å². The quantitative estimate of drug-likeness (QED) is 0.800. The second kappa shape index (κ2) is 5.99. The number of primary sulfonamides is 1. The number of hydrogen-bond acceptors (Lipinski definition) is 5. The summed E-state index contributed by atoms with van der Waals surface area (Å²) < 4.78 is 28.1. The van der Waals surface area contributed by atoms with Gasteiger partial charge >= 0.3 is 0 Å². The van der Waals surface area contributed by atoms with Crippen molar-refractivity contribution in [2.45, 2.75) is 17.7 Å². The van der Waals surface area contributed by atoms with Gasteiger partial charge in [-0.25, -0.2) is 13.6 Å². The van der Waals surface area contributed by atoms with Crippen LogP contribution in [0.3, 0.4) is 0 Å². The maximum Gasteiger partial charge on any atom is 0.238 e. The normalized spacial score (nSPS) is 17.4. The first-order valence-electron chi connectivity index (χ1n) is 6.57. The van der Waals surface area contributed by atoms with E-state index >= 15 is 0 Å². The van der Waals surface area contributed by atoms with Gasteiger partial charge in [-0.3, -0.25) is 0 Å². The van der Waals surface area contributed by atoms with Gasteiger partial charge < -0.3 is 15.4 Å². The van der Waals surface area contributed by atoms with Crippen LogP contribution in [0.2, 0.25) is 0 Å². The van der Waals surface area contributed by atoms with E-state index in [0.29, 0.717) is 11.6 Å². The molecule has 6 nitrogen and oxygen atoms in total. The smallest absolute Gasteiger partial charge is 0.238 e. The molecule has 1 fully saturated rings. The van der Waals surface area contributed by atoms with E-state index < -0.39 is 10.0 Å². The van der Waals surface area contributed by atoms with Crippen molar-refractivity contribution in [3.63, 3.8) is 0 Å². The Morgan fingerprint density at radius 1 is 1.30 bits per heavy atom. The number of rotatable bonds is 4. The van der Waals surface area contributed by atoms with Crippen molar-refractivity contribution in [1.82, 2.24) is 0 Å². The molecule has 1 aromatic rings. The van der Waals surface area contributed by atoms with Crippen LogP contribution >= 0.6 is 0 Å². The van der Waals surface area contributed by atoms with Crippen molar-refractivity contribution >= 4 is 21.4 Å². The molecule has 4 N–H and O–H groups in total. The molecule has 1 aromatic carbocycles. The molecule has 1 saturated heterocycles. The van der Waals surface area contributed by atoms with Crippen molar-refractivity contribution < 1.29 is 13.2 Å². The molecule has 0 atom stereocenters. The fraction of sp³-hybridized carbons (Fsp3) is 0.538. The summed E-state index contributed by atoms with van der Waals surface area (Å²) in [6.07, 6.45) is 2.04. The predicted octanol–water partition coefficient (Wildman–Crippen LogP) is 0.779. The Kier molecular flexibility index (Phi) is 4.52. The lowest BCUT2D eigenvalue weighted by Gasteiger charge is -2.33. The number of anilines is 2. The molecule has 0 unspecified atom stereocenters. The zero-order valence-corrected chi connectivity index (χ0v) is 12.4. The summed E-state index contributed by atoms with van der Waals surface area (Å²) in [5, 5.41) is 5.17. The number of sulfonamides is 1.